The molecule has 2 atom stereocenters. The third kappa shape index (κ3) is 1.71. The normalized spacial score (nSPS) is 27.2. The fraction of sp³-hybridized carbons (Fsp3) is 0.875. The Morgan fingerprint density at radius 3 is 2.73 bits per heavy atom. The van der Waals surface area contributed by atoms with Crippen molar-refractivity contribution in [3.05, 3.63) is 0 Å². The van der Waals surface area contributed by atoms with E-state index in [9.17, 15) is 4.79 Å². The van der Waals surface area contributed by atoms with Crippen molar-refractivity contribution in [2.24, 2.45) is 5.73 Å². The third-order valence-electron chi connectivity index (χ3n) is 2.23. The van der Waals surface area contributed by atoms with Gasteiger partial charge in [0.1, 0.15) is 0 Å². The minimum atomic E-state index is -0.337. The molecule has 0 radical (unpaired) electrons. The summed E-state index contributed by atoms with van der Waals surface area (Å²) in [6.07, 6.45) is 2.25. The van der Waals surface area contributed by atoms with Gasteiger partial charge < -0.3 is 10.6 Å². The lowest BCUT2D eigenvalue weighted by molar-refractivity contribution is -0.132. The number of carbonyl (C=O) groups is 1. The molecule has 0 aromatic heterocycles. The van der Waals surface area contributed by atoms with Crippen molar-refractivity contribution in [2.45, 2.75) is 38.8 Å². The Hall–Kier alpha value is -0.570. The van der Waals surface area contributed by atoms with Crippen LogP contribution in [0.5, 0.6) is 0 Å². The van der Waals surface area contributed by atoms with E-state index in [2.05, 4.69) is 6.92 Å². The molecule has 64 valence electrons. The van der Waals surface area contributed by atoms with Crippen LogP contribution in [0.3, 0.4) is 0 Å². The highest BCUT2D eigenvalue weighted by Gasteiger charge is 2.26. The zero-order valence-corrected chi connectivity index (χ0v) is 7.21. The number of hydrogen-bond acceptors (Lipinski definition) is 2. The zero-order valence-electron chi connectivity index (χ0n) is 7.21. The largest absolute Gasteiger partial charge is 0.339 e. The number of carbonyl (C=O) groups excluding carboxylic acids is 1. The van der Waals surface area contributed by atoms with Gasteiger partial charge in [-0.1, -0.05) is 0 Å². The standard InChI is InChI=1S/C8H16N2O/c1-6-4-3-5-10(6)8(11)7(2)9/h6-7H,3-5,9H2,1-2H3/t6-,7+/m1/s1. The van der Waals surface area contributed by atoms with Crippen molar-refractivity contribution >= 4 is 5.91 Å². The van der Waals surface area contributed by atoms with E-state index in [1.54, 1.807) is 6.92 Å². The summed E-state index contributed by atoms with van der Waals surface area (Å²) in [4.78, 5) is 13.2. The summed E-state index contributed by atoms with van der Waals surface area (Å²) >= 11 is 0. The number of rotatable bonds is 1. The summed E-state index contributed by atoms with van der Waals surface area (Å²) in [6.45, 7) is 4.71. The van der Waals surface area contributed by atoms with Crippen LogP contribution in [0.4, 0.5) is 0 Å². The van der Waals surface area contributed by atoms with Gasteiger partial charge in [0, 0.05) is 12.6 Å². The van der Waals surface area contributed by atoms with Crippen LogP contribution in [0.15, 0.2) is 0 Å². The number of nitrogens with zero attached hydrogens (tertiary/aromatic N) is 1. The Bertz CT molecular complexity index is 156. The second-order valence-corrected chi connectivity index (χ2v) is 3.31. The minimum Gasteiger partial charge on any atom is -0.339 e. The van der Waals surface area contributed by atoms with E-state index < -0.39 is 0 Å². The Balaban J connectivity index is 2.53. The van der Waals surface area contributed by atoms with Crippen molar-refractivity contribution in [1.29, 1.82) is 0 Å². The van der Waals surface area contributed by atoms with E-state index in [0.717, 1.165) is 19.4 Å². The third-order valence-corrected chi connectivity index (χ3v) is 2.23. The Kier molecular flexibility index (Phi) is 2.49. The molecule has 0 saturated carbocycles. The first-order chi connectivity index (χ1) is 5.13. The lowest BCUT2D eigenvalue weighted by Crippen LogP contribution is -2.43. The predicted octanol–water partition coefficient (Wildman–Crippen LogP) is 0.345. The zero-order chi connectivity index (χ0) is 8.43. The van der Waals surface area contributed by atoms with Crippen LogP contribution in [0.2, 0.25) is 0 Å². The molecular formula is C8H16N2O. The van der Waals surface area contributed by atoms with Gasteiger partial charge in [-0.3, -0.25) is 4.79 Å². The molecule has 1 amide bonds. The van der Waals surface area contributed by atoms with Crippen LogP contribution in [-0.4, -0.2) is 29.4 Å². The van der Waals surface area contributed by atoms with E-state index in [0.29, 0.717) is 6.04 Å². The highest BCUT2D eigenvalue weighted by atomic mass is 16.2. The molecule has 1 fully saturated rings. The predicted molar refractivity (Wildman–Crippen MR) is 44.1 cm³/mol. The summed E-state index contributed by atoms with van der Waals surface area (Å²) in [5.74, 6) is 0.0926. The van der Waals surface area contributed by atoms with Crippen molar-refractivity contribution in [3.63, 3.8) is 0 Å². The molecule has 2 N–H and O–H groups in total. The van der Waals surface area contributed by atoms with Gasteiger partial charge in [0.2, 0.25) is 5.91 Å². The average molecular weight is 156 g/mol. The Labute approximate surface area is 67.5 Å². The molecule has 3 nitrogen and oxygen atoms in total. The topological polar surface area (TPSA) is 46.3 Å². The summed E-state index contributed by atoms with van der Waals surface area (Å²) in [5, 5.41) is 0. The van der Waals surface area contributed by atoms with Crippen LogP contribution in [0.25, 0.3) is 0 Å². The average Bonchev–Trinajstić information content (AvgIpc) is 2.33. The van der Waals surface area contributed by atoms with Gasteiger partial charge in [-0.25, -0.2) is 0 Å². The summed E-state index contributed by atoms with van der Waals surface area (Å²) in [6, 6.07) is 0.0593. The molecule has 0 aromatic carbocycles. The molecule has 1 saturated heterocycles. The maximum atomic E-state index is 11.4. The number of nitrogens with two attached hydrogens (primary N) is 1. The fourth-order valence-electron chi connectivity index (χ4n) is 1.52. The summed E-state index contributed by atoms with van der Waals surface area (Å²) in [5.41, 5.74) is 5.49. The van der Waals surface area contributed by atoms with Gasteiger partial charge in [0.05, 0.1) is 6.04 Å². The highest BCUT2D eigenvalue weighted by molar-refractivity contribution is 5.81. The molecule has 0 aromatic rings. The van der Waals surface area contributed by atoms with E-state index in [4.69, 9.17) is 5.73 Å². The van der Waals surface area contributed by atoms with Crippen LogP contribution < -0.4 is 5.73 Å². The lowest BCUT2D eigenvalue weighted by Gasteiger charge is -2.23. The monoisotopic (exact) mass is 156 g/mol. The number of likely N-dealkylation sites (tertiary alicyclic amines) is 1. The number of hydrogen-bond donors (Lipinski definition) is 1. The smallest absolute Gasteiger partial charge is 0.239 e. The molecule has 11 heavy (non-hydrogen) atoms. The maximum Gasteiger partial charge on any atom is 0.239 e. The first-order valence-electron chi connectivity index (χ1n) is 4.19. The van der Waals surface area contributed by atoms with Gasteiger partial charge in [0.25, 0.3) is 0 Å². The maximum absolute atomic E-state index is 11.4. The van der Waals surface area contributed by atoms with Crippen molar-refractivity contribution in [1.82, 2.24) is 4.90 Å². The van der Waals surface area contributed by atoms with Gasteiger partial charge >= 0.3 is 0 Å². The van der Waals surface area contributed by atoms with Crippen molar-refractivity contribution < 1.29 is 4.79 Å². The van der Waals surface area contributed by atoms with Crippen LogP contribution in [0, 0.1) is 0 Å². The number of amides is 1. The van der Waals surface area contributed by atoms with Crippen LogP contribution in [0.1, 0.15) is 26.7 Å². The molecule has 0 unspecified atom stereocenters. The molecule has 0 spiro atoms. The summed E-state index contributed by atoms with van der Waals surface area (Å²) < 4.78 is 0. The summed E-state index contributed by atoms with van der Waals surface area (Å²) in [7, 11) is 0. The van der Waals surface area contributed by atoms with Gasteiger partial charge in [-0.05, 0) is 26.7 Å². The molecule has 1 heterocycles. The minimum absolute atomic E-state index is 0.0926. The van der Waals surface area contributed by atoms with Gasteiger partial charge in [0.15, 0.2) is 0 Å². The Morgan fingerprint density at radius 1 is 1.73 bits per heavy atom. The lowest BCUT2D eigenvalue weighted by atomic mass is 10.2. The first kappa shape index (κ1) is 8.53. The van der Waals surface area contributed by atoms with Gasteiger partial charge in [-0.15, -0.1) is 0 Å². The molecule has 0 aliphatic carbocycles. The SMILES string of the molecule is C[C@H](N)C(=O)N1CCC[C@H]1C. The second-order valence-electron chi connectivity index (χ2n) is 3.31. The molecule has 1 rings (SSSR count). The quantitative estimate of drug-likeness (QED) is 0.595. The molecule has 0 bridgehead atoms. The Morgan fingerprint density at radius 2 is 2.36 bits per heavy atom. The van der Waals surface area contributed by atoms with Crippen LogP contribution >= 0.6 is 0 Å². The highest BCUT2D eigenvalue weighted by Crippen LogP contribution is 2.16. The first-order valence-corrected chi connectivity index (χ1v) is 4.19. The molecule has 3 heteroatoms. The van der Waals surface area contributed by atoms with Gasteiger partial charge in [-0.2, -0.15) is 0 Å². The van der Waals surface area contributed by atoms with E-state index >= 15 is 0 Å². The van der Waals surface area contributed by atoms with Crippen molar-refractivity contribution in [2.75, 3.05) is 6.54 Å². The second kappa shape index (κ2) is 3.22. The van der Waals surface area contributed by atoms with Crippen LogP contribution in [-0.2, 0) is 4.79 Å². The molecule has 1 aliphatic heterocycles. The van der Waals surface area contributed by atoms with E-state index in [-0.39, 0.29) is 11.9 Å². The van der Waals surface area contributed by atoms with E-state index in [1.807, 2.05) is 4.90 Å². The van der Waals surface area contributed by atoms with E-state index in [1.165, 1.54) is 0 Å². The fourth-order valence-corrected chi connectivity index (χ4v) is 1.52. The molecule has 1 aliphatic rings. The van der Waals surface area contributed by atoms with Crippen molar-refractivity contribution in [3.8, 4) is 0 Å². The molecular weight excluding hydrogens is 140 g/mol.